The molecule has 9 nitrogen and oxygen atoms in total. The molecule has 1 aromatic rings. The van der Waals surface area contributed by atoms with E-state index < -0.39 is 27.5 Å². The molecule has 1 fully saturated rings. The summed E-state index contributed by atoms with van der Waals surface area (Å²) < 4.78 is 44.6. The number of aryl methyl sites for hydroxylation is 1. The highest BCUT2D eigenvalue weighted by Gasteiger charge is 2.41. The van der Waals surface area contributed by atoms with Crippen LogP contribution in [0.5, 0.6) is 0 Å². The first-order valence-corrected chi connectivity index (χ1v) is 9.82. The molecule has 0 aromatic heterocycles. The maximum absolute atomic E-state index is 12.3. The molecule has 0 unspecified atom stereocenters. The first kappa shape index (κ1) is 24.6. The number of hydroxylamine groups is 2. The van der Waals surface area contributed by atoms with Crippen molar-refractivity contribution in [3.63, 3.8) is 0 Å². The highest BCUT2D eigenvalue weighted by atomic mass is 35.7. The minimum absolute atomic E-state index is 0.187. The van der Waals surface area contributed by atoms with Crippen LogP contribution in [0.25, 0.3) is 0 Å². The summed E-state index contributed by atoms with van der Waals surface area (Å²) in [5.74, 6) is 0. The molecule has 0 atom stereocenters. The summed E-state index contributed by atoms with van der Waals surface area (Å²) in [5, 5.41) is 13.4. The number of nitrogens with zero attached hydrogens (tertiary/aromatic N) is 1. The maximum atomic E-state index is 12.3. The van der Waals surface area contributed by atoms with E-state index in [2.05, 4.69) is 0 Å². The van der Waals surface area contributed by atoms with Crippen molar-refractivity contribution in [2.75, 3.05) is 0 Å². The summed E-state index contributed by atoms with van der Waals surface area (Å²) in [5.41, 5.74) is 0.945. The zero-order chi connectivity index (χ0) is 21.8. The van der Waals surface area contributed by atoms with E-state index in [1.807, 2.05) is 58.9 Å². The Balaban J connectivity index is 0.000000696. The monoisotopic (exact) mass is 419 g/mol. The van der Waals surface area contributed by atoms with Gasteiger partial charge < -0.3 is 19.7 Å². The molecule has 0 aliphatic carbocycles. The van der Waals surface area contributed by atoms with E-state index in [0.29, 0.717) is 12.8 Å². The van der Waals surface area contributed by atoms with Gasteiger partial charge in [0.1, 0.15) is 12.7 Å². The van der Waals surface area contributed by atoms with E-state index >= 15 is 0 Å². The van der Waals surface area contributed by atoms with Gasteiger partial charge in [0, 0.05) is 23.9 Å². The van der Waals surface area contributed by atoms with Crippen LogP contribution in [0.2, 0.25) is 0 Å². The van der Waals surface area contributed by atoms with E-state index in [-0.39, 0.29) is 12.7 Å². The normalized spacial score (nSPS) is 19.4. The number of halogens is 1. The average Bonchev–Trinajstić information content (AvgIpc) is 2.50. The first-order valence-electron chi connectivity index (χ1n) is 8.58. The van der Waals surface area contributed by atoms with Crippen LogP contribution in [0.4, 0.5) is 4.79 Å². The fraction of sp³-hybridized carbons (Fsp3) is 0.611. The predicted octanol–water partition coefficient (Wildman–Crippen LogP) is -0.588. The predicted molar refractivity (Wildman–Crippen MR) is 88.8 cm³/mol. The molecule has 2 rings (SSSR count). The molecule has 0 radical (unpaired) electrons. The third-order valence-corrected chi connectivity index (χ3v) is 4.29. The lowest BCUT2D eigenvalue weighted by Crippen LogP contribution is -2.68. The number of carbonyl (C=O) groups is 1. The van der Waals surface area contributed by atoms with Crippen molar-refractivity contribution in [1.82, 2.24) is 5.06 Å². The molecular formula is C18H26ClNO8-2. The lowest BCUT2D eigenvalue weighted by Gasteiger charge is -2.59. The summed E-state index contributed by atoms with van der Waals surface area (Å²) in [6.07, 6.45) is 0.0105. The average molecular weight is 420 g/mol. The smallest absolute Gasteiger partial charge is 0.508 e. The Kier molecular flexibility index (Phi) is 8.21. The zero-order valence-electron chi connectivity index (χ0n) is 16.6. The Morgan fingerprint density at radius 1 is 1.07 bits per heavy atom. The van der Waals surface area contributed by atoms with Gasteiger partial charge in [-0.3, -0.25) is 0 Å². The molecule has 1 saturated heterocycles. The molecule has 160 valence electrons. The van der Waals surface area contributed by atoms with Crippen molar-refractivity contribution in [3.8, 4) is 0 Å². The van der Waals surface area contributed by atoms with Crippen molar-refractivity contribution in [2.45, 2.75) is 71.2 Å². The fourth-order valence-electron chi connectivity index (χ4n) is 3.25. The molecule has 1 aliphatic heterocycles. The van der Waals surface area contributed by atoms with Crippen LogP contribution in [0.3, 0.4) is 0 Å². The van der Waals surface area contributed by atoms with Crippen LogP contribution in [-0.4, -0.2) is 28.4 Å². The molecule has 1 aliphatic rings. The minimum Gasteiger partial charge on any atom is -0.784 e. The van der Waals surface area contributed by atoms with E-state index in [1.54, 1.807) is 0 Å². The molecule has 28 heavy (non-hydrogen) atoms. The molecule has 0 spiro atoms. The Morgan fingerprint density at radius 2 is 1.50 bits per heavy atom. The molecule has 10 heteroatoms. The van der Waals surface area contributed by atoms with Crippen LogP contribution >= 0.6 is 0 Å². The second-order valence-corrected chi connectivity index (χ2v) is 8.73. The third kappa shape index (κ3) is 8.70. The molecule has 1 heterocycles. The van der Waals surface area contributed by atoms with E-state index in [1.165, 1.54) is 0 Å². The summed E-state index contributed by atoms with van der Waals surface area (Å²) >= 11 is 0. The number of carbonyl (C=O) groups excluding carboxylic acids is 1. The fourth-order valence-corrected chi connectivity index (χ4v) is 3.25. The quantitative estimate of drug-likeness (QED) is 0.584. The van der Waals surface area contributed by atoms with Crippen LogP contribution < -0.4 is 18.6 Å². The van der Waals surface area contributed by atoms with Gasteiger partial charge in [-0.05, 0) is 40.2 Å². The summed E-state index contributed by atoms with van der Waals surface area (Å²) in [4.78, 5) is 11.9. The highest BCUT2D eigenvalue weighted by molar-refractivity contribution is 5.60. The number of piperidine rings is 1. The molecule has 0 N–H and O–H groups in total. The number of rotatable bonds is 3. The number of benzene rings is 1. The molecule has 1 aromatic carbocycles. The van der Waals surface area contributed by atoms with Crippen molar-refractivity contribution in [3.05, 3.63) is 40.6 Å². The topological polar surface area (TPSA) is 154 Å². The first-order chi connectivity index (χ1) is 12.6. The zero-order valence-corrected chi connectivity index (χ0v) is 17.4. The highest BCUT2D eigenvalue weighted by Crippen LogP contribution is 2.38. The van der Waals surface area contributed by atoms with Gasteiger partial charge in [0.2, 0.25) is 0 Å². The lowest BCUT2D eigenvalue weighted by atomic mass is 9.80. The van der Waals surface area contributed by atoms with Gasteiger partial charge in [0.05, 0.1) is 0 Å². The number of ether oxygens (including phenoxy) is 2. The third-order valence-electron chi connectivity index (χ3n) is 4.29. The lowest BCUT2D eigenvalue weighted by molar-refractivity contribution is -2.00. The van der Waals surface area contributed by atoms with Crippen molar-refractivity contribution < 1.29 is 43.1 Å². The van der Waals surface area contributed by atoms with Gasteiger partial charge in [-0.15, -0.1) is 10.2 Å². The Hall–Kier alpha value is -1.46. The molecule has 0 saturated carbocycles. The van der Waals surface area contributed by atoms with Crippen LogP contribution in [0, 0.1) is 22.4 Å². The second-order valence-electron chi connectivity index (χ2n) is 7.97. The standard InChI is InChI=1S/C18H26NO4.ClHO4/c1-13-6-8-14(9-7-13)12-22-16(20)23-15-10-17(2,3)19(21)18(4,5)11-15;2-1(3,4)5/h6-9,15H,10-12H2,1-5H3;(H,2,3,4,5)/q-1;/p-1. The van der Waals surface area contributed by atoms with Gasteiger partial charge in [-0.25, -0.2) is 23.4 Å². The van der Waals surface area contributed by atoms with Gasteiger partial charge in [0.25, 0.3) is 0 Å². The largest absolute Gasteiger partial charge is 0.784 e. The Bertz CT molecular complexity index is 618. The van der Waals surface area contributed by atoms with Gasteiger partial charge in [-0.1, -0.05) is 29.8 Å². The second kappa shape index (κ2) is 9.36. The number of hydrogen-bond donors (Lipinski definition) is 0. The maximum Gasteiger partial charge on any atom is 0.508 e. The van der Waals surface area contributed by atoms with Crippen molar-refractivity contribution in [2.24, 2.45) is 0 Å². The van der Waals surface area contributed by atoms with Gasteiger partial charge in [0.15, 0.2) is 0 Å². The Morgan fingerprint density at radius 3 is 1.93 bits per heavy atom. The van der Waals surface area contributed by atoms with Gasteiger partial charge in [-0.2, -0.15) is 0 Å². The molecule has 0 amide bonds. The van der Waals surface area contributed by atoms with Crippen molar-refractivity contribution >= 4 is 6.16 Å². The van der Waals surface area contributed by atoms with E-state index in [9.17, 15) is 10.0 Å². The summed E-state index contributed by atoms with van der Waals surface area (Å²) in [6.45, 7) is 9.67. The van der Waals surface area contributed by atoms with E-state index in [4.69, 9.17) is 28.1 Å². The summed E-state index contributed by atoms with van der Waals surface area (Å²) in [6, 6.07) is 7.79. The SMILES string of the molecule is Cc1ccc(COC(=O)OC2CC(C)(C)N([O-])C(C)(C)C2)cc1.[O-][Cl+3]([O-])([O-])[O-]. The van der Waals surface area contributed by atoms with Gasteiger partial charge >= 0.3 is 6.16 Å². The summed E-state index contributed by atoms with van der Waals surface area (Å²) in [7, 11) is -4.94. The van der Waals surface area contributed by atoms with Crippen LogP contribution in [-0.2, 0) is 16.1 Å². The Labute approximate surface area is 166 Å². The van der Waals surface area contributed by atoms with E-state index in [0.717, 1.165) is 16.2 Å². The van der Waals surface area contributed by atoms with Crippen LogP contribution in [0.1, 0.15) is 51.7 Å². The number of hydrogen-bond acceptors (Lipinski definition) is 9. The molecule has 0 bridgehead atoms. The van der Waals surface area contributed by atoms with Crippen LogP contribution in [0.15, 0.2) is 24.3 Å². The van der Waals surface area contributed by atoms with Crippen molar-refractivity contribution in [1.29, 1.82) is 0 Å². The minimum atomic E-state index is -4.94. The molecular weight excluding hydrogens is 394 g/mol.